The van der Waals surface area contributed by atoms with Crippen molar-refractivity contribution in [3.8, 4) is 11.1 Å². The van der Waals surface area contributed by atoms with Crippen LogP contribution in [0.3, 0.4) is 0 Å². The maximum Gasteiger partial charge on any atom is 0.193 e. The van der Waals surface area contributed by atoms with E-state index in [2.05, 4.69) is 6.92 Å². The van der Waals surface area contributed by atoms with Gasteiger partial charge in [-0.3, -0.25) is 9.59 Å². The second-order valence-electron chi connectivity index (χ2n) is 13.1. The van der Waals surface area contributed by atoms with Crippen LogP contribution >= 0.6 is 0 Å². The number of benzene rings is 2. The number of Topliss-reactive ketones (excluding diaryl/α,β-unsaturated/α-hetero) is 1. The summed E-state index contributed by atoms with van der Waals surface area (Å²) in [6, 6.07) is 15.5. The zero-order chi connectivity index (χ0) is 28.7. The molecule has 0 amide bonds. The summed E-state index contributed by atoms with van der Waals surface area (Å²) in [7, 11) is 0. The minimum absolute atomic E-state index is 0.00148. The molecule has 1 saturated heterocycles. The number of rotatable bonds is 4. The Labute approximate surface area is 240 Å². The fraction of sp³-hybridized carbons (Fsp3) is 0.471. The van der Waals surface area contributed by atoms with E-state index >= 15 is 0 Å². The molecule has 3 saturated carbocycles. The number of hydrogen-bond donors (Lipinski definition) is 3. The summed E-state index contributed by atoms with van der Waals surface area (Å²) < 4.78 is 13.3. The average molecular weight is 556 g/mol. The topological polar surface area (TPSA) is 119 Å². The van der Waals surface area contributed by atoms with Gasteiger partial charge >= 0.3 is 0 Å². The van der Waals surface area contributed by atoms with E-state index in [4.69, 9.17) is 15.2 Å². The number of nitrogens with two attached hydrogens (primary N) is 1. The predicted octanol–water partition coefficient (Wildman–Crippen LogP) is 4.54. The molecule has 0 spiro atoms. The van der Waals surface area contributed by atoms with Gasteiger partial charge in [0.25, 0.3) is 0 Å². The lowest BCUT2D eigenvalue weighted by Gasteiger charge is -2.59. The zero-order valence-electron chi connectivity index (χ0n) is 23.5. The Morgan fingerprint density at radius 1 is 1.12 bits per heavy atom. The smallest absolute Gasteiger partial charge is 0.193 e. The number of nitrogen functional groups attached to an aromatic ring is 1. The van der Waals surface area contributed by atoms with Crippen molar-refractivity contribution in [2.45, 2.75) is 63.6 Å². The third-order valence-electron chi connectivity index (χ3n) is 11.2. The lowest BCUT2D eigenvalue weighted by atomic mass is 9.46. The summed E-state index contributed by atoms with van der Waals surface area (Å²) in [5.74, 6) is -0.286. The maximum absolute atomic E-state index is 13.8. The number of allylic oxidation sites excluding steroid dienone is 4. The van der Waals surface area contributed by atoms with Gasteiger partial charge in [-0.05, 0) is 79.0 Å². The van der Waals surface area contributed by atoms with E-state index in [1.807, 2.05) is 61.5 Å². The molecule has 41 heavy (non-hydrogen) atoms. The molecule has 4 aliphatic carbocycles. The van der Waals surface area contributed by atoms with E-state index in [1.165, 1.54) is 0 Å². The standard InChI is InChI=1S/C34H37NO6/c1-32-12-11-24(37)15-22(32)9-10-25-26-16-29-34(28(39)18-36,33(26,2)17-27(38)30(25)32)41-31(40-29)21-7-3-5-19(13-21)20-6-4-8-23(35)14-20/h3-8,11-15,25-27,29-31,36,38H,9-10,16-18,35H2,1-2H3/t25-,26-,27-,29+,30+,31-,32-,33-,34+/m0/s1. The number of hydrogen-bond acceptors (Lipinski definition) is 7. The molecule has 7 nitrogen and oxygen atoms in total. The predicted molar refractivity (Wildman–Crippen MR) is 153 cm³/mol. The first-order valence-electron chi connectivity index (χ1n) is 14.7. The summed E-state index contributed by atoms with van der Waals surface area (Å²) in [5, 5.41) is 22.0. The normalized spacial score (nSPS) is 40.8. The Kier molecular flexibility index (Phi) is 6.01. The van der Waals surface area contributed by atoms with Crippen molar-refractivity contribution in [2.75, 3.05) is 12.3 Å². The summed E-state index contributed by atoms with van der Waals surface area (Å²) >= 11 is 0. The van der Waals surface area contributed by atoms with E-state index in [0.29, 0.717) is 18.5 Å². The lowest BCUT2D eigenvalue weighted by Crippen LogP contribution is -2.63. The van der Waals surface area contributed by atoms with Crippen LogP contribution in [0.25, 0.3) is 11.1 Å². The van der Waals surface area contributed by atoms with Crippen molar-refractivity contribution >= 4 is 17.3 Å². The second-order valence-corrected chi connectivity index (χ2v) is 13.1. The second kappa shape index (κ2) is 9.20. The molecule has 0 unspecified atom stereocenters. The molecule has 5 aliphatic rings. The highest BCUT2D eigenvalue weighted by Crippen LogP contribution is 2.70. The summed E-state index contributed by atoms with van der Waals surface area (Å²) in [6.07, 6.45) is 5.88. The first-order valence-corrected chi connectivity index (χ1v) is 14.7. The van der Waals surface area contributed by atoms with Crippen LogP contribution < -0.4 is 5.73 Å². The van der Waals surface area contributed by atoms with Gasteiger partial charge in [-0.25, -0.2) is 0 Å². The highest BCUT2D eigenvalue weighted by atomic mass is 16.7. The first-order chi connectivity index (χ1) is 19.6. The molecule has 214 valence electrons. The molecule has 7 rings (SSSR count). The molecule has 7 heteroatoms. The minimum Gasteiger partial charge on any atom is -0.399 e. The number of ether oxygens (including phenoxy) is 2. The van der Waals surface area contributed by atoms with Crippen LogP contribution in [0.15, 0.2) is 72.3 Å². The third-order valence-corrected chi connectivity index (χ3v) is 11.2. The van der Waals surface area contributed by atoms with Crippen LogP contribution in [0.1, 0.15) is 51.4 Å². The molecule has 2 aromatic carbocycles. The molecule has 1 heterocycles. The van der Waals surface area contributed by atoms with Crippen LogP contribution in [0.2, 0.25) is 0 Å². The molecule has 0 radical (unpaired) electrons. The fourth-order valence-corrected chi connectivity index (χ4v) is 9.42. The molecule has 4 N–H and O–H groups in total. The van der Waals surface area contributed by atoms with Crippen molar-refractivity contribution in [1.82, 2.24) is 0 Å². The van der Waals surface area contributed by atoms with Crippen molar-refractivity contribution in [2.24, 2.45) is 28.6 Å². The van der Waals surface area contributed by atoms with Crippen molar-refractivity contribution in [1.29, 1.82) is 0 Å². The van der Waals surface area contributed by atoms with Gasteiger partial charge in [-0.2, -0.15) is 0 Å². The number of carbonyl (C=O) groups is 2. The van der Waals surface area contributed by atoms with Gasteiger partial charge < -0.3 is 25.4 Å². The SMILES string of the molecule is C[C@]12C=CC(=O)C=C1CC[C@@H]1[C@@H]2[C@@H](O)C[C@@]2(C)[C@H]1C[C@H]1O[C@H](c3cccc(-c4cccc(N)c4)c3)O[C@]12C(=O)CO. The molecule has 2 aromatic rings. The Bertz CT molecular complexity index is 1500. The molecule has 4 fully saturated rings. The zero-order valence-corrected chi connectivity index (χ0v) is 23.5. The molecule has 0 bridgehead atoms. The molecular weight excluding hydrogens is 518 g/mol. The van der Waals surface area contributed by atoms with Crippen molar-refractivity contribution in [3.05, 3.63) is 77.9 Å². The largest absolute Gasteiger partial charge is 0.399 e. The molecule has 1 aliphatic heterocycles. The number of fused-ring (bicyclic) bond motifs is 7. The Hall–Kier alpha value is -3.10. The Morgan fingerprint density at radius 2 is 1.88 bits per heavy atom. The van der Waals surface area contributed by atoms with E-state index < -0.39 is 47.3 Å². The van der Waals surface area contributed by atoms with E-state index in [0.717, 1.165) is 35.1 Å². The van der Waals surface area contributed by atoms with Crippen LogP contribution in [-0.4, -0.2) is 46.2 Å². The van der Waals surface area contributed by atoms with Gasteiger partial charge in [0.05, 0.1) is 12.2 Å². The highest BCUT2D eigenvalue weighted by Gasteiger charge is 2.75. The fourth-order valence-electron chi connectivity index (χ4n) is 9.42. The van der Waals surface area contributed by atoms with Crippen LogP contribution in [0, 0.1) is 28.6 Å². The average Bonchev–Trinajstić information content (AvgIpc) is 3.46. The molecule has 0 aromatic heterocycles. The van der Waals surface area contributed by atoms with Gasteiger partial charge in [0.2, 0.25) is 0 Å². The summed E-state index contributed by atoms with van der Waals surface area (Å²) in [5.41, 5.74) is 7.98. The van der Waals surface area contributed by atoms with Gasteiger partial charge in [0.15, 0.2) is 23.5 Å². The summed E-state index contributed by atoms with van der Waals surface area (Å²) in [4.78, 5) is 25.9. The lowest BCUT2D eigenvalue weighted by molar-refractivity contribution is -0.201. The first kappa shape index (κ1) is 26.8. The van der Waals surface area contributed by atoms with Crippen molar-refractivity contribution < 1.29 is 29.3 Å². The van der Waals surface area contributed by atoms with Crippen molar-refractivity contribution in [3.63, 3.8) is 0 Å². The van der Waals surface area contributed by atoms with E-state index in [1.54, 1.807) is 12.2 Å². The Morgan fingerprint density at radius 3 is 2.63 bits per heavy atom. The minimum atomic E-state index is -1.37. The van der Waals surface area contributed by atoms with Gasteiger partial charge in [0, 0.05) is 28.0 Å². The summed E-state index contributed by atoms with van der Waals surface area (Å²) in [6.45, 7) is 3.52. The van der Waals surface area contributed by atoms with Gasteiger partial charge in [0.1, 0.15) is 6.61 Å². The number of aliphatic hydroxyl groups excluding tert-OH is 2. The van der Waals surface area contributed by atoms with Gasteiger partial charge in [-0.1, -0.05) is 55.8 Å². The van der Waals surface area contributed by atoms with Crippen LogP contribution in [0.4, 0.5) is 5.69 Å². The number of carbonyl (C=O) groups excluding carboxylic acids is 2. The molecule has 9 atom stereocenters. The number of ketones is 2. The third kappa shape index (κ3) is 3.65. The van der Waals surface area contributed by atoms with Crippen LogP contribution in [-0.2, 0) is 19.1 Å². The van der Waals surface area contributed by atoms with E-state index in [9.17, 15) is 19.8 Å². The maximum atomic E-state index is 13.8. The monoisotopic (exact) mass is 555 g/mol. The van der Waals surface area contributed by atoms with Crippen LogP contribution in [0.5, 0.6) is 0 Å². The quantitative estimate of drug-likeness (QED) is 0.474. The molecular formula is C34H37NO6. The Balaban J connectivity index is 1.24. The highest BCUT2D eigenvalue weighted by molar-refractivity contribution is 6.01. The number of aliphatic hydroxyl groups is 2. The van der Waals surface area contributed by atoms with E-state index in [-0.39, 0.29) is 23.5 Å². The number of anilines is 1. The van der Waals surface area contributed by atoms with Gasteiger partial charge in [-0.15, -0.1) is 0 Å².